The topological polar surface area (TPSA) is 84.9 Å². The van der Waals surface area contributed by atoms with Gasteiger partial charge in [0.2, 0.25) is 5.91 Å². The van der Waals surface area contributed by atoms with Crippen LogP contribution in [0.1, 0.15) is 0 Å². The second kappa shape index (κ2) is 10.3. The monoisotopic (exact) mass is 512 g/mol. The van der Waals surface area contributed by atoms with Crippen LogP contribution in [0.4, 0.5) is 15.8 Å². The fourth-order valence-electron chi connectivity index (χ4n) is 2.98. The van der Waals surface area contributed by atoms with Crippen LogP contribution in [-0.4, -0.2) is 35.1 Å². The van der Waals surface area contributed by atoms with Gasteiger partial charge in [0.1, 0.15) is 12.4 Å². The first-order valence-corrected chi connectivity index (χ1v) is 11.6. The van der Waals surface area contributed by atoms with Crippen molar-refractivity contribution in [2.75, 3.05) is 30.4 Å². The molecule has 1 N–H and O–H groups in total. The summed E-state index contributed by atoms with van der Waals surface area (Å²) in [4.78, 5) is 12.6. The minimum absolute atomic E-state index is 0.0905. The Morgan fingerprint density at radius 2 is 1.70 bits per heavy atom. The average Bonchev–Trinajstić information content (AvgIpc) is 2.80. The van der Waals surface area contributed by atoms with E-state index in [1.54, 1.807) is 6.07 Å². The summed E-state index contributed by atoms with van der Waals surface area (Å²) < 4.78 is 52.6. The van der Waals surface area contributed by atoms with Crippen LogP contribution in [0.25, 0.3) is 0 Å². The third-order valence-electron chi connectivity index (χ3n) is 4.58. The Morgan fingerprint density at radius 1 is 1.00 bits per heavy atom. The van der Waals surface area contributed by atoms with Crippen molar-refractivity contribution in [3.05, 3.63) is 76.5 Å². The number of para-hydroxylation sites is 1. The number of rotatable bonds is 8. The van der Waals surface area contributed by atoms with Crippen molar-refractivity contribution in [3.63, 3.8) is 0 Å². The number of ether oxygens (including phenoxy) is 2. The molecule has 1 amide bonds. The van der Waals surface area contributed by atoms with Crippen LogP contribution >= 0.6 is 23.2 Å². The number of nitrogens with one attached hydrogen (secondary N) is 1. The van der Waals surface area contributed by atoms with Crippen LogP contribution in [0.2, 0.25) is 10.0 Å². The van der Waals surface area contributed by atoms with Crippen molar-refractivity contribution < 1.29 is 27.1 Å². The summed E-state index contributed by atoms with van der Waals surface area (Å²) in [5.74, 6) is -1.12. The molecule has 3 aromatic rings. The maximum absolute atomic E-state index is 14.6. The van der Waals surface area contributed by atoms with E-state index in [0.29, 0.717) is 10.1 Å². The Morgan fingerprint density at radius 3 is 2.36 bits per heavy atom. The Balaban J connectivity index is 2.02. The predicted molar refractivity (Wildman–Crippen MR) is 126 cm³/mol. The maximum Gasteiger partial charge on any atom is 0.265 e. The average molecular weight is 513 g/mol. The first-order chi connectivity index (χ1) is 15.7. The number of sulfonamides is 1. The van der Waals surface area contributed by atoms with Gasteiger partial charge in [-0.1, -0.05) is 41.4 Å². The molecule has 0 spiro atoms. The summed E-state index contributed by atoms with van der Waals surface area (Å²) in [5.41, 5.74) is -0.120. The normalized spacial score (nSPS) is 11.1. The van der Waals surface area contributed by atoms with Crippen molar-refractivity contribution in [1.82, 2.24) is 0 Å². The lowest BCUT2D eigenvalue weighted by Crippen LogP contribution is -2.38. The number of carbonyl (C=O) groups excluding carboxylic acids is 1. The molecule has 0 saturated carbocycles. The number of carbonyl (C=O) groups is 1. The number of hydrogen-bond acceptors (Lipinski definition) is 5. The van der Waals surface area contributed by atoms with E-state index in [1.807, 2.05) is 0 Å². The summed E-state index contributed by atoms with van der Waals surface area (Å²) in [5, 5.41) is 2.80. The summed E-state index contributed by atoms with van der Waals surface area (Å²) in [6.45, 7) is -0.736. The lowest BCUT2D eigenvalue weighted by molar-refractivity contribution is -0.114. The number of hydrogen-bond donors (Lipinski definition) is 1. The molecule has 0 atom stereocenters. The molecule has 174 valence electrons. The first-order valence-electron chi connectivity index (χ1n) is 9.42. The number of nitrogens with zero attached hydrogens (tertiary/aromatic N) is 1. The molecule has 3 aromatic carbocycles. The van der Waals surface area contributed by atoms with Crippen molar-refractivity contribution in [3.8, 4) is 11.5 Å². The lowest BCUT2D eigenvalue weighted by atomic mass is 10.3. The second-order valence-electron chi connectivity index (χ2n) is 6.63. The number of anilines is 2. The SMILES string of the molecule is COc1ccc(S(=O)(=O)N(CC(=O)Nc2cccc(Cl)c2Cl)c2ccccc2F)cc1OC. The highest BCUT2D eigenvalue weighted by Crippen LogP contribution is 2.33. The zero-order valence-electron chi connectivity index (χ0n) is 17.5. The minimum Gasteiger partial charge on any atom is -0.493 e. The van der Waals surface area contributed by atoms with Gasteiger partial charge in [-0.2, -0.15) is 0 Å². The second-order valence-corrected chi connectivity index (χ2v) is 9.28. The molecule has 0 aliphatic carbocycles. The largest absolute Gasteiger partial charge is 0.493 e. The molecule has 0 unspecified atom stereocenters. The van der Waals surface area contributed by atoms with E-state index in [9.17, 15) is 17.6 Å². The smallest absolute Gasteiger partial charge is 0.265 e. The number of amides is 1. The van der Waals surface area contributed by atoms with Crippen molar-refractivity contribution >= 4 is 50.5 Å². The molecule has 7 nitrogen and oxygen atoms in total. The van der Waals surface area contributed by atoms with Gasteiger partial charge in [0.05, 0.1) is 40.5 Å². The van der Waals surface area contributed by atoms with Gasteiger partial charge in [0.15, 0.2) is 11.5 Å². The highest BCUT2D eigenvalue weighted by atomic mass is 35.5. The van der Waals surface area contributed by atoms with Gasteiger partial charge in [-0.05, 0) is 36.4 Å². The third-order valence-corrected chi connectivity index (χ3v) is 7.15. The number of benzene rings is 3. The highest BCUT2D eigenvalue weighted by molar-refractivity contribution is 7.92. The van der Waals surface area contributed by atoms with Gasteiger partial charge in [0.25, 0.3) is 10.0 Å². The molecule has 0 aliphatic rings. The number of methoxy groups -OCH3 is 2. The van der Waals surface area contributed by atoms with Crippen molar-refractivity contribution in [2.45, 2.75) is 4.90 Å². The van der Waals surface area contributed by atoms with Crippen LogP contribution in [0.5, 0.6) is 11.5 Å². The summed E-state index contributed by atoms with van der Waals surface area (Å²) >= 11 is 12.1. The molecule has 33 heavy (non-hydrogen) atoms. The van der Waals surface area contributed by atoms with E-state index >= 15 is 0 Å². The Bertz CT molecular complexity index is 1290. The van der Waals surface area contributed by atoms with E-state index < -0.39 is 28.3 Å². The van der Waals surface area contributed by atoms with Gasteiger partial charge in [-0.3, -0.25) is 9.10 Å². The van der Waals surface area contributed by atoms with Crippen molar-refractivity contribution in [2.24, 2.45) is 0 Å². The third kappa shape index (κ3) is 5.32. The Kier molecular flexibility index (Phi) is 7.68. The molecule has 0 heterocycles. The summed E-state index contributed by atoms with van der Waals surface area (Å²) in [6.07, 6.45) is 0. The van der Waals surface area contributed by atoms with Gasteiger partial charge in [-0.25, -0.2) is 12.8 Å². The lowest BCUT2D eigenvalue weighted by Gasteiger charge is -2.25. The van der Waals surface area contributed by atoms with E-state index in [4.69, 9.17) is 32.7 Å². The molecule has 11 heteroatoms. The first kappa shape index (κ1) is 24.6. The quantitative estimate of drug-likeness (QED) is 0.459. The van der Waals surface area contributed by atoms with Crippen LogP contribution in [-0.2, 0) is 14.8 Å². The van der Waals surface area contributed by atoms with E-state index in [-0.39, 0.29) is 32.1 Å². The zero-order valence-corrected chi connectivity index (χ0v) is 19.8. The standard InChI is InChI=1S/C22H19Cl2FN2O5S/c1-31-19-11-10-14(12-20(19)32-2)33(29,30)27(18-9-4-3-7-16(18)25)13-21(28)26-17-8-5-6-15(23)22(17)24/h3-12H,13H2,1-2H3,(H,26,28). The van der Waals surface area contributed by atoms with Crippen LogP contribution < -0.4 is 19.1 Å². The van der Waals surface area contributed by atoms with E-state index in [1.165, 1.54) is 62.8 Å². The zero-order chi connectivity index (χ0) is 24.2. The summed E-state index contributed by atoms with van der Waals surface area (Å²) in [6, 6.07) is 13.7. The van der Waals surface area contributed by atoms with Crippen LogP contribution in [0, 0.1) is 5.82 Å². The van der Waals surface area contributed by atoms with Crippen LogP contribution in [0.15, 0.2) is 65.6 Å². The molecular formula is C22H19Cl2FN2O5S. The van der Waals surface area contributed by atoms with E-state index in [2.05, 4.69) is 5.32 Å². The molecule has 0 aromatic heterocycles. The maximum atomic E-state index is 14.6. The number of halogens is 3. The Labute approximate surface area is 200 Å². The van der Waals surface area contributed by atoms with E-state index in [0.717, 1.165) is 6.07 Å². The molecule has 3 rings (SSSR count). The fourth-order valence-corrected chi connectivity index (χ4v) is 4.77. The summed E-state index contributed by atoms with van der Waals surface area (Å²) in [7, 11) is -1.64. The highest BCUT2D eigenvalue weighted by Gasteiger charge is 2.30. The predicted octanol–water partition coefficient (Wildman–Crippen LogP) is 4.98. The Hall–Kier alpha value is -3.01. The van der Waals surface area contributed by atoms with Gasteiger partial charge in [-0.15, -0.1) is 0 Å². The van der Waals surface area contributed by atoms with Gasteiger partial charge >= 0.3 is 0 Å². The molecular weight excluding hydrogens is 494 g/mol. The molecule has 0 saturated heterocycles. The molecule has 0 aliphatic heterocycles. The molecule has 0 bridgehead atoms. The van der Waals surface area contributed by atoms with Gasteiger partial charge in [0, 0.05) is 6.07 Å². The van der Waals surface area contributed by atoms with Crippen LogP contribution in [0.3, 0.4) is 0 Å². The minimum atomic E-state index is -4.40. The molecule has 0 radical (unpaired) electrons. The van der Waals surface area contributed by atoms with Crippen molar-refractivity contribution in [1.29, 1.82) is 0 Å². The fraction of sp³-hybridized carbons (Fsp3) is 0.136. The molecule has 0 fully saturated rings. The van der Waals surface area contributed by atoms with Gasteiger partial charge < -0.3 is 14.8 Å².